The van der Waals surface area contributed by atoms with E-state index < -0.39 is 0 Å². The number of hydrogen-bond donors (Lipinski definition) is 1. The Kier molecular flexibility index (Phi) is 3.64. The normalized spacial score (nSPS) is 27.9. The van der Waals surface area contributed by atoms with Gasteiger partial charge in [0.25, 0.3) is 0 Å². The van der Waals surface area contributed by atoms with Gasteiger partial charge in [-0.3, -0.25) is 0 Å². The molecular weight excluding hydrogens is 198 g/mol. The molecule has 1 unspecified atom stereocenters. The van der Waals surface area contributed by atoms with Crippen LogP contribution in [-0.2, 0) is 7.05 Å². The third kappa shape index (κ3) is 2.29. The average molecular weight is 221 g/mol. The van der Waals surface area contributed by atoms with Crippen LogP contribution in [0.2, 0.25) is 0 Å². The molecule has 1 aromatic rings. The predicted molar refractivity (Wildman–Crippen MR) is 66.1 cm³/mol. The molecule has 0 bridgehead atoms. The van der Waals surface area contributed by atoms with Crippen molar-refractivity contribution < 1.29 is 0 Å². The Labute approximate surface area is 98.3 Å². The molecule has 0 spiro atoms. The maximum absolute atomic E-state index is 4.22. The molecule has 0 saturated heterocycles. The molecule has 1 heterocycles. The summed E-state index contributed by atoms with van der Waals surface area (Å²) in [6, 6.07) is 0.472. The molecule has 16 heavy (non-hydrogen) atoms. The zero-order valence-corrected chi connectivity index (χ0v) is 10.6. The summed E-state index contributed by atoms with van der Waals surface area (Å²) in [6.07, 6.45) is 9.33. The number of nitrogens with one attached hydrogen (secondary N) is 1. The topological polar surface area (TPSA) is 29.9 Å². The second-order valence-electron chi connectivity index (χ2n) is 5.22. The maximum Gasteiger partial charge on any atom is 0.0946 e. The van der Waals surface area contributed by atoms with Crippen molar-refractivity contribution >= 4 is 0 Å². The van der Waals surface area contributed by atoms with Gasteiger partial charge in [0.1, 0.15) is 0 Å². The van der Waals surface area contributed by atoms with Gasteiger partial charge in [-0.15, -0.1) is 0 Å². The number of aromatic nitrogens is 2. The van der Waals surface area contributed by atoms with Crippen molar-refractivity contribution in [2.24, 2.45) is 18.9 Å². The standard InChI is InChI=1S/C13H23N3/c1-10-4-6-11(7-5-10)13(14-2)12-8-15-9-16(12)3/h8-11,13-14H,4-7H2,1-3H3. The third-order valence-corrected chi connectivity index (χ3v) is 4.02. The number of rotatable bonds is 3. The van der Waals surface area contributed by atoms with Crippen LogP contribution >= 0.6 is 0 Å². The molecule has 1 fully saturated rings. The molecule has 2 rings (SSSR count). The smallest absolute Gasteiger partial charge is 0.0946 e. The van der Waals surface area contributed by atoms with Gasteiger partial charge in [-0.25, -0.2) is 4.98 Å². The minimum atomic E-state index is 0.472. The first-order valence-corrected chi connectivity index (χ1v) is 6.36. The monoisotopic (exact) mass is 221 g/mol. The van der Waals surface area contributed by atoms with E-state index in [9.17, 15) is 0 Å². The van der Waals surface area contributed by atoms with E-state index in [1.54, 1.807) is 0 Å². The molecule has 1 aromatic heterocycles. The van der Waals surface area contributed by atoms with Gasteiger partial charge in [-0.05, 0) is 31.7 Å². The lowest BCUT2D eigenvalue weighted by atomic mass is 9.78. The van der Waals surface area contributed by atoms with Crippen LogP contribution in [0.15, 0.2) is 12.5 Å². The first-order valence-electron chi connectivity index (χ1n) is 6.36. The number of hydrogen-bond acceptors (Lipinski definition) is 2. The van der Waals surface area contributed by atoms with Crippen LogP contribution in [0, 0.1) is 11.8 Å². The van der Waals surface area contributed by atoms with Crippen molar-refractivity contribution in [1.29, 1.82) is 0 Å². The third-order valence-electron chi connectivity index (χ3n) is 4.02. The van der Waals surface area contributed by atoms with Crippen molar-refractivity contribution in [3.05, 3.63) is 18.2 Å². The number of nitrogens with zero attached hydrogens (tertiary/aromatic N) is 2. The molecule has 0 amide bonds. The Morgan fingerprint density at radius 2 is 2.06 bits per heavy atom. The summed E-state index contributed by atoms with van der Waals surface area (Å²) in [5.74, 6) is 1.69. The zero-order chi connectivity index (χ0) is 11.5. The van der Waals surface area contributed by atoms with Crippen LogP contribution in [0.4, 0.5) is 0 Å². The Hall–Kier alpha value is -0.830. The summed E-state index contributed by atoms with van der Waals surface area (Å²) in [7, 11) is 4.15. The fourth-order valence-corrected chi connectivity index (χ4v) is 2.91. The zero-order valence-electron chi connectivity index (χ0n) is 10.6. The highest BCUT2D eigenvalue weighted by molar-refractivity contribution is 5.07. The van der Waals surface area contributed by atoms with Gasteiger partial charge in [0, 0.05) is 13.2 Å². The molecule has 3 nitrogen and oxygen atoms in total. The second-order valence-corrected chi connectivity index (χ2v) is 5.22. The molecule has 90 valence electrons. The summed E-state index contributed by atoms with van der Waals surface area (Å²) in [4.78, 5) is 4.22. The van der Waals surface area contributed by atoms with Crippen molar-refractivity contribution in [1.82, 2.24) is 14.9 Å². The first-order chi connectivity index (χ1) is 7.72. The highest BCUT2D eigenvalue weighted by Gasteiger charge is 2.27. The molecule has 0 aliphatic heterocycles. The summed E-state index contributed by atoms with van der Waals surface area (Å²) in [6.45, 7) is 2.37. The Morgan fingerprint density at radius 3 is 2.56 bits per heavy atom. The molecular formula is C13H23N3. The average Bonchev–Trinajstić information content (AvgIpc) is 2.69. The van der Waals surface area contributed by atoms with E-state index >= 15 is 0 Å². The van der Waals surface area contributed by atoms with Gasteiger partial charge in [-0.2, -0.15) is 0 Å². The largest absolute Gasteiger partial charge is 0.336 e. The Bertz CT molecular complexity index is 324. The van der Waals surface area contributed by atoms with E-state index in [1.807, 2.05) is 12.5 Å². The Balaban J connectivity index is 2.08. The van der Waals surface area contributed by atoms with E-state index in [0.29, 0.717) is 6.04 Å². The van der Waals surface area contributed by atoms with Crippen LogP contribution in [-0.4, -0.2) is 16.6 Å². The van der Waals surface area contributed by atoms with Crippen LogP contribution in [0.1, 0.15) is 44.3 Å². The summed E-state index contributed by atoms with van der Waals surface area (Å²) >= 11 is 0. The van der Waals surface area contributed by atoms with Crippen LogP contribution in [0.5, 0.6) is 0 Å². The quantitative estimate of drug-likeness (QED) is 0.850. The molecule has 0 radical (unpaired) electrons. The molecule has 1 aliphatic rings. The summed E-state index contributed by atoms with van der Waals surface area (Å²) in [5, 5.41) is 3.47. The van der Waals surface area contributed by atoms with E-state index in [-0.39, 0.29) is 0 Å². The van der Waals surface area contributed by atoms with Gasteiger partial charge in [0.2, 0.25) is 0 Å². The molecule has 1 N–H and O–H groups in total. The molecule has 1 saturated carbocycles. The highest BCUT2D eigenvalue weighted by atomic mass is 15.1. The molecule has 1 aliphatic carbocycles. The van der Waals surface area contributed by atoms with E-state index in [1.165, 1.54) is 31.4 Å². The first kappa shape index (κ1) is 11.6. The van der Waals surface area contributed by atoms with Crippen molar-refractivity contribution in [2.75, 3.05) is 7.05 Å². The lowest BCUT2D eigenvalue weighted by molar-refractivity contribution is 0.233. The predicted octanol–water partition coefficient (Wildman–Crippen LogP) is 2.51. The minimum absolute atomic E-state index is 0.472. The van der Waals surface area contributed by atoms with Crippen LogP contribution in [0.3, 0.4) is 0 Å². The fraction of sp³-hybridized carbons (Fsp3) is 0.769. The maximum atomic E-state index is 4.22. The van der Waals surface area contributed by atoms with Crippen molar-refractivity contribution in [2.45, 2.75) is 38.6 Å². The fourth-order valence-electron chi connectivity index (χ4n) is 2.91. The highest BCUT2D eigenvalue weighted by Crippen LogP contribution is 2.36. The van der Waals surface area contributed by atoms with Crippen LogP contribution < -0.4 is 5.32 Å². The summed E-state index contributed by atoms with van der Waals surface area (Å²) < 4.78 is 2.14. The molecule has 0 aromatic carbocycles. The van der Waals surface area contributed by atoms with Crippen LogP contribution in [0.25, 0.3) is 0 Å². The van der Waals surface area contributed by atoms with Gasteiger partial charge in [-0.1, -0.05) is 19.8 Å². The number of aryl methyl sites for hydroxylation is 1. The number of imidazole rings is 1. The van der Waals surface area contributed by atoms with Crippen molar-refractivity contribution in [3.8, 4) is 0 Å². The second kappa shape index (κ2) is 5.00. The van der Waals surface area contributed by atoms with E-state index in [2.05, 4.69) is 35.9 Å². The molecule has 3 heteroatoms. The lowest BCUT2D eigenvalue weighted by Crippen LogP contribution is -2.29. The SMILES string of the molecule is CNC(c1cncn1C)C1CCC(C)CC1. The minimum Gasteiger partial charge on any atom is -0.336 e. The molecule has 1 atom stereocenters. The van der Waals surface area contributed by atoms with E-state index in [4.69, 9.17) is 0 Å². The van der Waals surface area contributed by atoms with Gasteiger partial charge in [0.15, 0.2) is 0 Å². The van der Waals surface area contributed by atoms with Gasteiger partial charge < -0.3 is 9.88 Å². The Morgan fingerprint density at radius 1 is 1.38 bits per heavy atom. The van der Waals surface area contributed by atoms with Gasteiger partial charge >= 0.3 is 0 Å². The lowest BCUT2D eigenvalue weighted by Gasteiger charge is -2.32. The van der Waals surface area contributed by atoms with Crippen molar-refractivity contribution in [3.63, 3.8) is 0 Å². The van der Waals surface area contributed by atoms with Gasteiger partial charge in [0.05, 0.1) is 18.1 Å². The summed E-state index contributed by atoms with van der Waals surface area (Å²) in [5.41, 5.74) is 1.32. The van der Waals surface area contributed by atoms with E-state index in [0.717, 1.165) is 11.8 Å².